The van der Waals surface area contributed by atoms with Gasteiger partial charge in [0.2, 0.25) is 5.91 Å². The molecule has 3 atom stereocenters. The molecule has 1 fully saturated rings. The number of hydrogen-bond donors (Lipinski definition) is 1. The molecule has 10 nitrogen and oxygen atoms in total. The lowest BCUT2D eigenvalue weighted by atomic mass is 10.0. The van der Waals surface area contributed by atoms with Crippen LogP contribution in [0.3, 0.4) is 0 Å². The fourth-order valence-corrected chi connectivity index (χ4v) is 4.50. The van der Waals surface area contributed by atoms with Crippen LogP contribution in [0.1, 0.15) is 5.56 Å². The van der Waals surface area contributed by atoms with Gasteiger partial charge >= 0.3 is 5.97 Å². The van der Waals surface area contributed by atoms with Gasteiger partial charge in [-0.2, -0.15) is 5.26 Å². The Morgan fingerprint density at radius 3 is 2.77 bits per heavy atom. The van der Waals surface area contributed by atoms with Gasteiger partial charge < -0.3 is 10.1 Å². The van der Waals surface area contributed by atoms with Crippen LogP contribution in [0.4, 0.5) is 5.69 Å². The van der Waals surface area contributed by atoms with Gasteiger partial charge in [-0.15, -0.1) is 23.5 Å². The maximum atomic E-state index is 12.5. The van der Waals surface area contributed by atoms with Crippen molar-refractivity contribution in [3.05, 3.63) is 51.7 Å². The van der Waals surface area contributed by atoms with Crippen molar-refractivity contribution < 1.29 is 24.0 Å². The van der Waals surface area contributed by atoms with Gasteiger partial charge in [0.05, 0.1) is 11.0 Å². The molecule has 1 saturated heterocycles. The molecule has 3 rings (SSSR count). The molecule has 0 bridgehead atoms. The number of nitrogens with one attached hydrogen (secondary N) is 1. The van der Waals surface area contributed by atoms with Crippen LogP contribution >= 0.6 is 23.5 Å². The minimum Gasteiger partial charge on any atom is -0.456 e. The summed E-state index contributed by atoms with van der Waals surface area (Å²) >= 11 is 2.46. The SMILES string of the molecule is CSC(C#N)C(=O)NC1C(=O)N2C(C(=O)OCc3ccc([N+](=O)[O-])cc3)=CCS[C@@H]12. The van der Waals surface area contributed by atoms with Crippen molar-refractivity contribution in [2.75, 3.05) is 12.0 Å². The second-order valence-electron chi connectivity index (χ2n) is 6.25. The summed E-state index contributed by atoms with van der Waals surface area (Å²) in [6.45, 7) is -0.105. The van der Waals surface area contributed by atoms with E-state index >= 15 is 0 Å². The van der Waals surface area contributed by atoms with Crippen LogP contribution in [0.2, 0.25) is 0 Å². The van der Waals surface area contributed by atoms with Gasteiger partial charge in [0.15, 0.2) is 5.25 Å². The summed E-state index contributed by atoms with van der Waals surface area (Å²) < 4.78 is 5.24. The molecule has 0 spiro atoms. The summed E-state index contributed by atoms with van der Waals surface area (Å²) in [6.07, 6.45) is 3.20. The van der Waals surface area contributed by atoms with Crippen LogP contribution in [-0.4, -0.2) is 56.3 Å². The van der Waals surface area contributed by atoms with E-state index in [9.17, 15) is 24.5 Å². The first-order chi connectivity index (χ1) is 14.4. The van der Waals surface area contributed by atoms with E-state index in [4.69, 9.17) is 10.00 Å². The normalized spacial score (nSPS) is 20.7. The highest BCUT2D eigenvalue weighted by Gasteiger charge is 2.53. The fourth-order valence-electron chi connectivity index (χ4n) is 2.91. The van der Waals surface area contributed by atoms with Crippen LogP contribution in [-0.2, 0) is 25.7 Å². The minimum atomic E-state index is -0.915. The first kappa shape index (κ1) is 21.7. The van der Waals surface area contributed by atoms with E-state index in [1.54, 1.807) is 12.3 Å². The van der Waals surface area contributed by atoms with Gasteiger partial charge in [0.1, 0.15) is 23.7 Å². The first-order valence-corrected chi connectivity index (χ1v) is 11.0. The zero-order valence-electron chi connectivity index (χ0n) is 15.6. The third-order valence-electron chi connectivity index (χ3n) is 4.46. The number of rotatable bonds is 7. The number of nitrogens with zero attached hydrogens (tertiary/aromatic N) is 3. The Balaban J connectivity index is 1.60. The van der Waals surface area contributed by atoms with Crippen molar-refractivity contribution in [3.8, 4) is 6.07 Å². The van der Waals surface area contributed by atoms with E-state index < -0.39 is 39.4 Å². The molecule has 0 radical (unpaired) electrons. The molecule has 1 aromatic carbocycles. The summed E-state index contributed by atoms with van der Waals surface area (Å²) in [7, 11) is 0. The van der Waals surface area contributed by atoms with Crippen LogP contribution < -0.4 is 5.32 Å². The molecule has 2 heterocycles. The van der Waals surface area contributed by atoms with Crippen molar-refractivity contribution in [1.29, 1.82) is 5.26 Å². The highest BCUT2D eigenvalue weighted by Crippen LogP contribution is 2.38. The molecule has 1 aromatic rings. The van der Waals surface area contributed by atoms with Crippen LogP contribution in [0.25, 0.3) is 0 Å². The number of nitro groups is 1. The summed E-state index contributed by atoms with van der Waals surface area (Å²) in [6, 6.07) is 6.64. The average Bonchev–Trinajstić information content (AvgIpc) is 2.76. The molecular weight excluding hydrogens is 432 g/mol. The first-order valence-electron chi connectivity index (χ1n) is 8.65. The number of ether oxygens (including phenoxy) is 1. The average molecular weight is 448 g/mol. The number of carbonyl (C=O) groups is 3. The second-order valence-corrected chi connectivity index (χ2v) is 8.34. The number of amides is 2. The van der Waals surface area contributed by atoms with Crippen molar-refractivity contribution in [3.63, 3.8) is 0 Å². The van der Waals surface area contributed by atoms with Gasteiger partial charge in [-0.25, -0.2) is 4.79 Å². The van der Waals surface area contributed by atoms with Crippen molar-refractivity contribution in [2.24, 2.45) is 0 Å². The number of nitriles is 1. The van der Waals surface area contributed by atoms with E-state index in [-0.39, 0.29) is 18.0 Å². The topological polar surface area (TPSA) is 143 Å². The van der Waals surface area contributed by atoms with Crippen LogP contribution in [0.15, 0.2) is 36.0 Å². The van der Waals surface area contributed by atoms with E-state index in [1.165, 1.54) is 40.9 Å². The Hall–Kier alpha value is -3.04. The standard InChI is InChI=1S/C18H16N4O6S2/c1-29-13(8-19)15(23)20-14-16(24)21-12(6-7-30-17(14)21)18(25)28-9-10-2-4-11(5-3-10)22(26)27/h2-6,13-14,17H,7,9H2,1H3,(H,20,23)/t13?,14?,17-/m0/s1. The predicted molar refractivity (Wildman–Crippen MR) is 109 cm³/mol. The number of esters is 1. The second kappa shape index (κ2) is 9.19. The lowest BCUT2D eigenvalue weighted by Gasteiger charge is -2.48. The molecule has 0 aromatic heterocycles. The van der Waals surface area contributed by atoms with Crippen molar-refractivity contribution >= 4 is 47.0 Å². The summed E-state index contributed by atoms with van der Waals surface area (Å²) in [5.41, 5.74) is 0.591. The maximum absolute atomic E-state index is 12.5. The fraction of sp³-hybridized carbons (Fsp3) is 0.333. The van der Waals surface area contributed by atoms with Gasteiger partial charge in [-0.1, -0.05) is 0 Å². The zero-order valence-corrected chi connectivity index (χ0v) is 17.3. The maximum Gasteiger partial charge on any atom is 0.355 e. The molecule has 156 valence electrons. The van der Waals surface area contributed by atoms with Gasteiger partial charge in [0.25, 0.3) is 11.6 Å². The highest BCUT2D eigenvalue weighted by atomic mass is 32.2. The number of thioether (sulfide) groups is 2. The Kier molecular flexibility index (Phi) is 6.63. The van der Waals surface area contributed by atoms with Gasteiger partial charge in [-0.05, 0) is 30.0 Å². The molecular formula is C18H16N4O6S2. The highest BCUT2D eigenvalue weighted by molar-refractivity contribution is 8.00. The van der Waals surface area contributed by atoms with Crippen LogP contribution in [0, 0.1) is 21.4 Å². The van der Waals surface area contributed by atoms with E-state index in [0.29, 0.717) is 11.3 Å². The summed E-state index contributed by atoms with van der Waals surface area (Å²) in [5.74, 6) is -1.24. The largest absolute Gasteiger partial charge is 0.456 e. The summed E-state index contributed by atoms with van der Waals surface area (Å²) in [4.78, 5) is 48.5. The number of carbonyl (C=O) groups excluding carboxylic acids is 3. The van der Waals surface area contributed by atoms with Crippen LogP contribution in [0.5, 0.6) is 0 Å². The summed E-state index contributed by atoms with van der Waals surface area (Å²) in [5, 5.41) is 20.9. The molecule has 2 aliphatic rings. The molecule has 30 heavy (non-hydrogen) atoms. The smallest absolute Gasteiger partial charge is 0.355 e. The zero-order chi connectivity index (χ0) is 21.8. The monoisotopic (exact) mass is 448 g/mol. The minimum absolute atomic E-state index is 0.0701. The van der Waals surface area contributed by atoms with Gasteiger partial charge in [0, 0.05) is 17.9 Å². The lowest BCUT2D eigenvalue weighted by molar-refractivity contribution is -0.384. The molecule has 2 unspecified atom stereocenters. The number of benzene rings is 1. The third kappa shape index (κ3) is 4.27. The number of fused-ring (bicyclic) bond motifs is 1. The Bertz CT molecular complexity index is 958. The molecule has 1 N–H and O–H groups in total. The number of hydrogen-bond acceptors (Lipinski definition) is 9. The third-order valence-corrected chi connectivity index (χ3v) is 6.44. The Morgan fingerprint density at radius 2 is 2.17 bits per heavy atom. The van der Waals surface area contributed by atoms with E-state index in [0.717, 1.165) is 11.8 Å². The van der Waals surface area contributed by atoms with E-state index in [2.05, 4.69) is 5.32 Å². The number of β-lactam (4-membered cyclic amide) rings is 1. The Morgan fingerprint density at radius 1 is 1.47 bits per heavy atom. The lowest BCUT2D eigenvalue weighted by Crippen LogP contribution is -2.70. The molecule has 0 aliphatic carbocycles. The quantitative estimate of drug-likeness (QED) is 0.281. The Labute approximate surface area is 179 Å². The van der Waals surface area contributed by atoms with E-state index in [1.807, 2.05) is 6.07 Å². The number of nitro benzene ring substituents is 1. The molecule has 2 aliphatic heterocycles. The molecule has 12 heteroatoms. The number of non-ortho nitro benzene ring substituents is 1. The van der Waals surface area contributed by atoms with Crippen molar-refractivity contribution in [2.45, 2.75) is 23.3 Å². The van der Waals surface area contributed by atoms with Gasteiger partial charge in [-0.3, -0.25) is 24.6 Å². The molecule has 2 amide bonds. The van der Waals surface area contributed by atoms with Crippen molar-refractivity contribution in [1.82, 2.24) is 10.2 Å². The predicted octanol–water partition coefficient (Wildman–Crippen LogP) is 1.18. The molecule has 0 saturated carbocycles.